The molecular weight excluding hydrogens is 668 g/mol. The van der Waals surface area contributed by atoms with E-state index in [4.69, 9.17) is 39.0 Å². The molecule has 4 aromatic rings. The van der Waals surface area contributed by atoms with Crippen LogP contribution in [0.15, 0.2) is 25.3 Å². The molecule has 0 aromatic carbocycles. The van der Waals surface area contributed by atoms with Crippen molar-refractivity contribution in [3.8, 4) is 0 Å². The topological polar surface area (TPSA) is 348 Å². The molecule has 3 fully saturated rings. The van der Waals surface area contributed by atoms with Gasteiger partial charge in [-0.25, -0.2) is 38.7 Å². The van der Waals surface area contributed by atoms with E-state index in [1.807, 2.05) is 0 Å². The van der Waals surface area contributed by atoms with E-state index in [2.05, 4.69) is 29.9 Å². The van der Waals surface area contributed by atoms with E-state index in [0.29, 0.717) is 0 Å². The van der Waals surface area contributed by atoms with Gasteiger partial charge in [0, 0.05) is 0 Å². The van der Waals surface area contributed by atoms with Gasteiger partial charge in [-0.1, -0.05) is 0 Å². The van der Waals surface area contributed by atoms with Crippen LogP contribution in [0.3, 0.4) is 0 Å². The molecule has 10 atom stereocenters. The smallest absolute Gasteiger partial charge is 0.268 e. The number of hydrogen-bond acceptors (Lipinski definition) is 18. The Labute approximate surface area is 255 Å². The SMILES string of the molecule is Nc1ncnc2c1ncn2[C@@H]1O[C@@H]2COP(=O)([O-])O[C@@H]3[C@H](F)[C@@H](COP(=O)([O-])O[C@H]2[C@H]1F)O[C@H]3n1cnc2c(N)ncnc21.[NH4+].[NH4+]. The Morgan fingerprint density at radius 3 is 1.76 bits per heavy atom. The van der Waals surface area contributed by atoms with Gasteiger partial charge in [-0.15, -0.1) is 0 Å². The fourth-order valence-corrected chi connectivity index (χ4v) is 6.99. The van der Waals surface area contributed by atoms with Gasteiger partial charge in [-0.05, 0) is 0 Å². The Hall–Kier alpha value is -3.38. The first-order chi connectivity index (χ1) is 20.9. The van der Waals surface area contributed by atoms with Crippen molar-refractivity contribution in [1.82, 2.24) is 51.3 Å². The lowest BCUT2D eigenvalue weighted by Crippen LogP contribution is -2.36. The van der Waals surface area contributed by atoms with Crippen molar-refractivity contribution in [2.75, 3.05) is 24.7 Å². The van der Waals surface area contributed by atoms with Crippen LogP contribution in [0.2, 0.25) is 0 Å². The second-order valence-corrected chi connectivity index (χ2v) is 12.5. The molecule has 22 nitrogen and oxygen atoms in total. The molecule has 0 aliphatic carbocycles. The number of ether oxygens (including phenoxy) is 2. The van der Waals surface area contributed by atoms with Crippen molar-refractivity contribution < 1.29 is 55.3 Å². The maximum absolute atomic E-state index is 15.8. The first kappa shape index (κ1) is 34.0. The number of aromatic nitrogens is 8. The predicted octanol–water partition coefficient (Wildman–Crippen LogP) is -0.192. The van der Waals surface area contributed by atoms with Crippen LogP contribution in [0.4, 0.5) is 20.4 Å². The number of alkyl halides is 2. The fourth-order valence-electron chi connectivity index (χ4n) is 5.14. The number of nitrogens with two attached hydrogens (primary N) is 2. The lowest BCUT2D eigenvalue weighted by Gasteiger charge is -2.31. The highest BCUT2D eigenvalue weighted by atomic mass is 31.2. The molecule has 3 aliphatic heterocycles. The Morgan fingerprint density at radius 2 is 1.20 bits per heavy atom. The van der Waals surface area contributed by atoms with Gasteiger partial charge in [-0.3, -0.25) is 18.3 Å². The minimum absolute atomic E-state index is 0. The first-order valence-corrected chi connectivity index (χ1v) is 15.6. The molecule has 46 heavy (non-hydrogen) atoms. The number of rotatable bonds is 2. The summed E-state index contributed by atoms with van der Waals surface area (Å²) in [5, 5.41) is 0. The summed E-state index contributed by atoms with van der Waals surface area (Å²) in [6.45, 7) is -2.02. The van der Waals surface area contributed by atoms with Crippen LogP contribution in [0, 0.1) is 0 Å². The van der Waals surface area contributed by atoms with Crippen LogP contribution in [0.25, 0.3) is 22.3 Å². The van der Waals surface area contributed by atoms with E-state index >= 15 is 8.78 Å². The van der Waals surface area contributed by atoms with Gasteiger partial charge in [0.05, 0.1) is 25.9 Å². The van der Waals surface area contributed by atoms with Gasteiger partial charge in [0.15, 0.2) is 47.7 Å². The molecule has 3 aliphatic rings. The zero-order chi connectivity index (χ0) is 31.0. The quantitative estimate of drug-likeness (QED) is 0.197. The fraction of sp³-hybridized carbons (Fsp3) is 0.500. The Balaban J connectivity index is 0.00000208. The number of fused-ring (bicyclic) bond motifs is 5. The number of halogens is 2. The second kappa shape index (κ2) is 12.3. The van der Waals surface area contributed by atoms with Gasteiger partial charge >= 0.3 is 0 Å². The minimum Gasteiger partial charge on any atom is -0.756 e. The molecule has 2 bridgehead atoms. The minimum atomic E-state index is -5.44. The summed E-state index contributed by atoms with van der Waals surface area (Å²) in [7, 11) is -10.9. The maximum Gasteiger partial charge on any atom is 0.268 e. The van der Waals surface area contributed by atoms with Crippen molar-refractivity contribution in [2.24, 2.45) is 0 Å². The largest absolute Gasteiger partial charge is 0.756 e. The first-order valence-electron chi connectivity index (χ1n) is 12.7. The van der Waals surface area contributed by atoms with Crippen molar-refractivity contribution >= 4 is 49.6 Å². The van der Waals surface area contributed by atoms with E-state index in [-0.39, 0.29) is 46.3 Å². The molecule has 7 heterocycles. The summed E-state index contributed by atoms with van der Waals surface area (Å²) in [5.41, 5.74) is 11.8. The summed E-state index contributed by atoms with van der Waals surface area (Å²) >= 11 is 0. The number of phosphoric ester groups is 2. The van der Waals surface area contributed by atoms with Gasteiger partial charge in [0.1, 0.15) is 48.1 Å². The van der Waals surface area contributed by atoms with Gasteiger partial charge < -0.3 is 61.1 Å². The summed E-state index contributed by atoms with van der Waals surface area (Å²) in [6, 6.07) is 0. The summed E-state index contributed by atoms with van der Waals surface area (Å²) in [5.74, 6) is -0.0485. The maximum atomic E-state index is 15.8. The number of hydrogen-bond donors (Lipinski definition) is 4. The van der Waals surface area contributed by atoms with E-state index in [1.165, 1.54) is 0 Å². The predicted molar refractivity (Wildman–Crippen MR) is 146 cm³/mol. The average Bonchev–Trinajstić information content (AvgIpc) is 3.73. The zero-order valence-electron chi connectivity index (χ0n) is 23.8. The van der Waals surface area contributed by atoms with Crippen molar-refractivity contribution in [1.29, 1.82) is 0 Å². The number of nitrogens with zero attached hydrogens (tertiary/aromatic N) is 8. The lowest BCUT2D eigenvalue weighted by atomic mass is 10.1. The van der Waals surface area contributed by atoms with E-state index in [9.17, 15) is 18.9 Å². The Kier molecular flexibility index (Phi) is 9.11. The normalized spacial score (nSPS) is 36.6. The van der Waals surface area contributed by atoms with E-state index < -0.39 is 78.1 Å². The summed E-state index contributed by atoms with van der Waals surface area (Å²) < 4.78 is 90.6. The van der Waals surface area contributed by atoms with E-state index in [1.54, 1.807) is 0 Å². The van der Waals surface area contributed by atoms with Gasteiger partial charge in [0.25, 0.3) is 15.6 Å². The molecule has 26 heteroatoms. The van der Waals surface area contributed by atoms with Crippen molar-refractivity contribution in [2.45, 2.75) is 49.2 Å². The third kappa shape index (κ3) is 5.83. The van der Waals surface area contributed by atoms with Crippen molar-refractivity contribution in [3.05, 3.63) is 25.3 Å². The summed E-state index contributed by atoms with van der Waals surface area (Å²) in [6.07, 6.45) is -10.7. The van der Waals surface area contributed by atoms with Gasteiger partial charge in [-0.2, -0.15) is 0 Å². The Bertz CT molecular complexity index is 1840. The highest BCUT2D eigenvalue weighted by Gasteiger charge is 2.52. The molecule has 0 amide bonds. The van der Waals surface area contributed by atoms with Crippen LogP contribution >= 0.6 is 15.6 Å². The molecule has 2 unspecified atom stereocenters. The molecule has 0 radical (unpaired) electrons. The highest BCUT2D eigenvalue weighted by Crippen LogP contribution is 2.51. The molecule has 0 saturated carbocycles. The van der Waals surface area contributed by atoms with Crippen LogP contribution < -0.4 is 33.6 Å². The summed E-state index contributed by atoms with van der Waals surface area (Å²) in [4.78, 5) is 49.5. The zero-order valence-corrected chi connectivity index (χ0v) is 25.6. The highest BCUT2D eigenvalue weighted by molar-refractivity contribution is 7.46. The Morgan fingerprint density at radius 1 is 0.717 bits per heavy atom. The number of phosphoric acid groups is 2. The lowest BCUT2D eigenvalue weighted by molar-refractivity contribution is -0.240. The van der Waals surface area contributed by atoms with Crippen LogP contribution in [0.5, 0.6) is 0 Å². The van der Waals surface area contributed by atoms with Crippen LogP contribution in [-0.4, -0.2) is 89.0 Å². The third-order valence-electron chi connectivity index (χ3n) is 7.15. The average molecular weight is 696 g/mol. The molecule has 4 aromatic heterocycles. The second-order valence-electron chi connectivity index (χ2n) is 9.81. The van der Waals surface area contributed by atoms with Gasteiger partial charge in [0.2, 0.25) is 0 Å². The molecular formula is C20H28F2N12O10P2. The molecule has 0 spiro atoms. The number of anilines is 2. The number of nitrogen functional groups attached to an aromatic ring is 2. The molecule has 3 saturated heterocycles. The van der Waals surface area contributed by atoms with Crippen molar-refractivity contribution in [3.63, 3.8) is 0 Å². The molecule has 7 rings (SSSR count). The number of quaternary nitrogens is 2. The molecule has 252 valence electrons. The van der Waals surface area contributed by atoms with E-state index in [0.717, 1.165) is 34.4 Å². The van der Waals surface area contributed by atoms with Crippen LogP contribution in [0.1, 0.15) is 12.5 Å². The molecule has 12 N–H and O–H groups in total. The van der Waals surface area contributed by atoms with Crippen LogP contribution in [-0.2, 0) is 36.7 Å². The monoisotopic (exact) mass is 696 g/mol. The third-order valence-corrected chi connectivity index (χ3v) is 9.08. The number of imidazole rings is 2. The standard InChI is InChI=1S/C20H22F2N10O10P2.2H3N/c21-9-7-1-37-43(33,34)41-13-8(40-19(10(13)22)31-5-29-11-15(23)25-3-27-17(11)31)2-38-44(35,36)42-14(9)20(39-7)32-6-30-12-16(24)26-4-28-18(12)32;;/h3-10,13-14,19-20H,1-2H2,(H,33,34)(H,35,36)(H2,23,25,27)(H2,24,26,28);2*1H3/t7-,8-,9-,10-,13-,14-,19-,20-;;/m1../s1.